The molecule has 7 nitrogen and oxygen atoms in total. The molecule has 0 saturated carbocycles. The van der Waals surface area contributed by atoms with Crippen LogP contribution in [-0.4, -0.2) is 43.3 Å². The molecule has 0 amide bonds. The second kappa shape index (κ2) is 5.31. The zero-order valence-electron chi connectivity index (χ0n) is 8.25. The van der Waals surface area contributed by atoms with Gasteiger partial charge in [0.1, 0.15) is 11.3 Å². The highest BCUT2D eigenvalue weighted by Gasteiger charge is 2.14. The molecule has 9 heteroatoms. The average Bonchev–Trinajstić information content (AvgIpc) is 1.96. The molecule has 15 heavy (non-hydrogen) atoms. The molecule has 1 aliphatic heterocycles. The number of hydrogen-bond donors (Lipinski definition) is 3. The molecule has 0 fully saturated rings. The number of nitrogens with two attached hydrogens (primary N) is 2. The zero-order chi connectivity index (χ0) is 12.2. The fourth-order valence-corrected chi connectivity index (χ4v) is 0.847. The van der Waals surface area contributed by atoms with E-state index in [4.69, 9.17) is 27.6 Å². The zero-order valence-corrected chi connectivity index (χ0v) is 9.83. The van der Waals surface area contributed by atoms with Crippen LogP contribution in [0.1, 0.15) is 0 Å². The second-order valence-electron chi connectivity index (χ2n) is 2.79. The van der Waals surface area contributed by atoms with Gasteiger partial charge in [-0.05, 0) is 6.08 Å². The van der Waals surface area contributed by atoms with Crippen LogP contribution in [0.5, 0.6) is 0 Å². The summed E-state index contributed by atoms with van der Waals surface area (Å²) in [5, 5.41) is 0.350. The van der Waals surface area contributed by atoms with E-state index in [0.717, 1.165) is 0 Å². The number of guanidine groups is 1. The smallest absolute Gasteiger partial charge is 0.261 e. The van der Waals surface area contributed by atoms with Crippen molar-refractivity contribution in [3.63, 3.8) is 0 Å². The highest BCUT2D eigenvalue weighted by molar-refractivity contribution is 7.85. The maximum absolute atomic E-state index is 9.19. The van der Waals surface area contributed by atoms with Gasteiger partial charge in [0.05, 0.1) is 6.26 Å². The van der Waals surface area contributed by atoms with Gasteiger partial charge in [0.25, 0.3) is 10.1 Å². The molecule has 0 aliphatic carbocycles. The van der Waals surface area contributed by atoms with Crippen molar-refractivity contribution >= 4 is 27.7 Å². The maximum atomic E-state index is 9.19. The van der Waals surface area contributed by atoms with Crippen molar-refractivity contribution < 1.29 is 13.0 Å². The topological polar surface area (TPSA) is 122 Å². The van der Waals surface area contributed by atoms with Crippen LogP contribution in [0.3, 0.4) is 0 Å². The third-order valence-corrected chi connectivity index (χ3v) is 1.55. The van der Waals surface area contributed by atoms with Gasteiger partial charge in [-0.1, -0.05) is 11.6 Å². The second-order valence-corrected chi connectivity index (χ2v) is 4.65. The predicted molar refractivity (Wildman–Crippen MR) is 58.8 cm³/mol. The Hall–Kier alpha value is -0.830. The van der Waals surface area contributed by atoms with Crippen LogP contribution in [0.15, 0.2) is 16.2 Å². The van der Waals surface area contributed by atoms with E-state index < -0.39 is 10.1 Å². The summed E-state index contributed by atoms with van der Waals surface area (Å²) in [5.74, 6) is 0.347. The van der Waals surface area contributed by atoms with Crippen LogP contribution >= 0.6 is 11.6 Å². The van der Waals surface area contributed by atoms with Gasteiger partial charge in [-0.3, -0.25) is 4.55 Å². The first kappa shape index (κ1) is 14.2. The van der Waals surface area contributed by atoms with E-state index in [1.807, 2.05) is 0 Å². The Labute approximate surface area is 93.1 Å². The lowest BCUT2D eigenvalue weighted by Crippen LogP contribution is -2.47. The fourth-order valence-electron chi connectivity index (χ4n) is 0.631. The number of nitrogens with zero attached hydrogens (tertiary/aromatic N) is 2. The van der Waals surface area contributed by atoms with E-state index in [-0.39, 0.29) is 6.17 Å². The lowest BCUT2D eigenvalue weighted by atomic mass is 10.4. The molecule has 88 valence electrons. The summed E-state index contributed by atoms with van der Waals surface area (Å²) < 4.78 is 25.9. The summed E-state index contributed by atoms with van der Waals surface area (Å²) in [7, 11) is -1.91. The lowest BCUT2D eigenvalue weighted by Gasteiger charge is -2.25. The molecule has 5 N–H and O–H groups in total. The average molecular weight is 257 g/mol. The summed E-state index contributed by atoms with van der Waals surface area (Å²) >= 11 is 5.56. The SMILES string of the molecule is CN1C(N)=NC(Cl)=CC1N.CS(=O)(=O)O. The summed E-state index contributed by atoms with van der Waals surface area (Å²) in [5.41, 5.74) is 11.0. The van der Waals surface area contributed by atoms with Gasteiger partial charge in [0, 0.05) is 7.05 Å². The Morgan fingerprint density at radius 3 is 2.40 bits per heavy atom. The first-order valence-corrected chi connectivity index (χ1v) is 5.96. The van der Waals surface area contributed by atoms with Crippen molar-refractivity contribution in [1.29, 1.82) is 0 Å². The van der Waals surface area contributed by atoms with Gasteiger partial charge < -0.3 is 16.4 Å². The molecule has 0 bridgehead atoms. The summed E-state index contributed by atoms with van der Waals surface area (Å²) in [6, 6.07) is 0. The van der Waals surface area contributed by atoms with Crippen molar-refractivity contribution in [3.05, 3.63) is 11.2 Å². The summed E-state index contributed by atoms with van der Waals surface area (Å²) in [4.78, 5) is 5.41. The first-order valence-electron chi connectivity index (χ1n) is 3.73. The number of likely N-dealkylation sites (N-methyl/N-ethyl adjacent to an activating group) is 1. The van der Waals surface area contributed by atoms with Crippen molar-refractivity contribution in [3.8, 4) is 0 Å². The number of halogens is 1. The predicted octanol–water partition coefficient (Wildman–Crippen LogP) is -0.884. The van der Waals surface area contributed by atoms with Gasteiger partial charge in [-0.25, -0.2) is 4.99 Å². The molecule has 1 rings (SSSR count). The molecule has 1 atom stereocenters. The van der Waals surface area contributed by atoms with Gasteiger partial charge in [0.2, 0.25) is 0 Å². The number of hydrogen-bond acceptors (Lipinski definition) is 6. The molecule has 1 heterocycles. The molecule has 0 aromatic rings. The largest absolute Gasteiger partial charge is 0.369 e. The Balaban J connectivity index is 0.000000336. The van der Waals surface area contributed by atoms with Crippen LogP contribution in [-0.2, 0) is 10.1 Å². The van der Waals surface area contributed by atoms with Crippen LogP contribution in [0.2, 0.25) is 0 Å². The third kappa shape index (κ3) is 7.14. The molecule has 0 aromatic heterocycles. The van der Waals surface area contributed by atoms with Gasteiger partial charge in [-0.15, -0.1) is 0 Å². The Kier molecular flexibility index (Phi) is 5.01. The molecule has 0 spiro atoms. The van der Waals surface area contributed by atoms with E-state index in [1.165, 1.54) is 0 Å². The normalized spacial score (nSPS) is 21.1. The minimum atomic E-state index is -3.67. The molecular formula is C6H13ClN4O3S. The Bertz CT molecular complexity index is 370. The van der Waals surface area contributed by atoms with Crippen molar-refractivity contribution in [2.24, 2.45) is 16.5 Å². The summed E-state index contributed by atoms with van der Waals surface area (Å²) in [6.07, 6.45) is 2.08. The maximum Gasteiger partial charge on any atom is 0.261 e. The van der Waals surface area contributed by atoms with E-state index in [1.54, 1.807) is 18.0 Å². The molecule has 0 aromatic carbocycles. The number of aliphatic imine (C=N–C) groups is 1. The van der Waals surface area contributed by atoms with Crippen LogP contribution in [0.4, 0.5) is 0 Å². The minimum absolute atomic E-state index is 0.259. The highest BCUT2D eigenvalue weighted by Crippen LogP contribution is 2.10. The lowest BCUT2D eigenvalue weighted by molar-refractivity contribution is 0.424. The quantitative estimate of drug-likeness (QED) is 0.382. The van der Waals surface area contributed by atoms with E-state index in [2.05, 4.69) is 4.99 Å². The van der Waals surface area contributed by atoms with Gasteiger partial charge in [0.15, 0.2) is 5.96 Å². The van der Waals surface area contributed by atoms with Crippen LogP contribution < -0.4 is 11.5 Å². The van der Waals surface area contributed by atoms with Crippen LogP contribution in [0.25, 0.3) is 0 Å². The van der Waals surface area contributed by atoms with Crippen molar-refractivity contribution in [1.82, 2.24) is 4.90 Å². The van der Waals surface area contributed by atoms with Crippen molar-refractivity contribution in [2.75, 3.05) is 13.3 Å². The third-order valence-electron chi connectivity index (χ3n) is 1.34. The summed E-state index contributed by atoms with van der Waals surface area (Å²) in [6.45, 7) is 0. The molecule has 0 saturated heterocycles. The van der Waals surface area contributed by atoms with E-state index in [9.17, 15) is 8.42 Å². The van der Waals surface area contributed by atoms with Gasteiger partial charge in [-0.2, -0.15) is 8.42 Å². The van der Waals surface area contributed by atoms with Crippen LogP contribution in [0, 0.1) is 0 Å². The fraction of sp³-hybridized carbons (Fsp3) is 0.500. The number of rotatable bonds is 0. The highest BCUT2D eigenvalue weighted by atomic mass is 35.5. The Morgan fingerprint density at radius 2 is 2.07 bits per heavy atom. The molecule has 1 aliphatic rings. The molecular weight excluding hydrogens is 244 g/mol. The van der Waals surface area contributed by atoms with E-state index in [0.29, 0.717) is 17.4 Å². The monoisotopic (exact) mass is 256 g/mol. The minimum Gasteiger partial charge on any atom is -0.369 e. The van der Waals surface area contributed by atoms with Crippen molar-refractivity contribution in [2.45, 2.75) is 6.17 Å². The standard InChI is InChI=1S/C5H9ClN4.CH4O3S/c1-10-4(7)2-3(6)9-5(10)8;1-5(2,3)4/h2,4H,7H2,1H3,(H2,8,9);1H3,(H,2,3,4). The van der Waals surface area contributed by atoms with Gasteiger partial charge >= 0.3 is 0 Å². The van der Waals surface area contributed by atoms with E-state index >= 15 is 0 Å². The first-order chi connectivity index (χ1) is 6.61. The Morgan fingerprint density at radius 1 is 1.67 bits per heavy atom. The molecule has 0 radical (unpaired) electrons. The molecule has 1 unspecified atom stereocenters.